The highest BCUT2D eigenvalue weighted by molar-refractivity contribution is 5.60. The number of nitrogens with zero attached hydrogens (tertiary/aromatic N) is 1. The first-order valence-corrected chi connectivity index (χ1v) is 7.76. The molecule has 4 heteroatoms. The predicted molar refractivity (Wildman–Crippen MR) is 84.5 cm³/mol. The molecular formula is C17H24N2O2. The second kappa shape index (κ2) is 4.46. The molecule has 2 aliphatic rings. The molecular weight excluding hydrogens is 264 g/mol. The van der Waals surface area contributed by atoms with Crippen molar-refractivity contribution in [2.45, 2.75) is 53.0 Å². The first-order chi connectivity index (χ1) is 9.75. The molecule has 0 heterocycles. The van der Waals surface area contributed by atoms with E-state index in [0.717, 1.165) is 17.2 Å². The van der Waals surface area contributed by atoms with E-state index in [0.29, 0.717) is 11.5 Å². The number of hydrogen-bond donors (Lipinski definition) is 1. The number of nitro groups is 1. The quantitative estimate of drug-likeness (QED) is 0.656. The van der Waals surface area contributed by atoms with Crippen LogP contribution in [0.2, 0.25) is 0 Å². The zero-order valence-electron chi connectivity index (χ0n) is 13.3. The van der Waals surface area contributed by atoms with Gasteiger partial charge in [-0.15, -0.1) is 0 Å². The van der Waals surface area contributed by atoms with E-state index >= 15 is 0 Å². The van der Waals surface area contributed by atoms with Gasteiger partial charge in [0, 0.05) is 23.4 Å². The Kier molecular flexibility index (Phi) is 3.05. The Bertz CT molecular complexity index is 592. The van der Waals surface area contributed by atoms with Crippen LogP contribution in [-0.2, 0) is 0 Å². The summed E-state index contributed by atoms with van der Waals surface area (Å²) < 4.78 is 0. The molecule has 0 saturated heterocycles. The summed E-state index contributed by atoms with van der Waals surface area (Å²) in [4.78, 5) is 10.8. The molecule has 3 atom stereocenters. The van der Waals surface area contributed by atoms with Crippen LogP contribution in [0.1, 0.15) is 45.6 Å². The number of nitrogens with one attached hydrogen (secondary N) is 1. The van der Waals surface area contributed by atoms with Crippen LogP contribution in [-0.4, -0.2) is 11.0 Å². The first kappa shape index (κ1) is 14.4. The monoisotopic (exact) mass is 288 g/mol. The fourth-order valence-electron chi connectivity index (χ4n) is 4.80. The molecule has 2 bridgehead atoms. The van der Waals surface area contributed by atoms with Crippen molar-refractivity contribution in [3.8, 4) is 0 Å². The van der Waals surface area contributed by atoms with E-state index in [2.05, 4.69) is 26.1 Å². The summed E-state index contributed by atoms with van der Waals surface area (Å²) in [6.07, 6.45) is 3.84. The Hall–Kier alpha value is -1.58. The van der Waals surface area contributed by atoms with E-state index in [1.807, 2.05) is 13.0 Å². The lowest BCUT2D eigenvalue weighted by Gasteiger charge is -2.43. The molecule has 4 nitrogen and oxygen atoms in total. The van der Waals surface area contributed by atoms with Crippen molar-refractivity contribution < 1.29 is 4.92 Å². The molecule has 114 valence electrons. The normalized spacial score (nSPS) is 33.1. The van der Waals surface area contributed by atoms with Crippen molar-refractivity contribution in [2.75, 3.05) is 5.32 Å². The van der Waals surface area contributed by atoms with Crippen molar-refractivity contribution in [1.82, 2.24) is 0 Å². The van der Waals surface area contributed by atoms with Crippen LogP contribution in [0.5, 0.6) is 0 Å². The van der Waals surface area contributed by atoms with Crippen molar-refractivity contribution in [3.05, 3.63) is 33.9 Å². The maximum Gasteiger partial charge on any atom is 0.274 e. The van der Waals surface area contributed by atoms with Crippen LogP contribution in [0.3, 0.4) is 0 Å². The summed E-state index contributed by atoms with van der Waals surface area (Å²) >= 11 is 0. The maximum atomic E-state index is 11.1. The molecule has 1 N–H and O–H groups in total. The zero-order valence-corrected chi connectivity index (χ0v) is 13.3. The molecule has 2 aliphatic carbocycles. The molecule has 0 aliphatic heterocycles. The van der Waals surface area contributed by atoms with Gasteiger partial charge in [0.1, 0.15) is 0 Å². The van der Waals surface area contributed by atoms with E-state index in [9.17, 15) is 10.1 Å². The number of nitro benzene ring substituents is 1. The Morgan fingerprint density at radius 2 is 2.05 bits per heavy atom. The molecule has 0 aromatic heterocycles. The van der Waals surface area contributed by atoms with Gasteiger partial charge in [-0.25, -0.2) is 0 Å². The van der Waals surface area contributed by atoms with E-state index < -0.39 is 0 Å². The summed E-state index contributed by atoms with van der Waals surface area (Å²) in [5.74, 6) is 0.763. The fourth-order valence-corrected chi connectivity index (χ4v) is 4.80. The minimum absolute atomic E-state index is 0.200. The second-order valence-corrected chi connectivity index (χ2v) is 7.70. The molecule has 0 radical (unpaired) electrons. The van der Waals surface area contributed by atoms with Crippen molar-refractivity contribution in [1.29, 1.82) is 0 Å². The smallest absolute Gasteiger partial charge is 0.274 e. The summed E-state index contributed by atoms with van der Waals surface area (Å²) in [6, 6.07) is 5.70. The van der Waals surface area contributed by atoms with Gasteiger partial charge >= 0.3 is 0 Å². The number of hydrogen-bond acceptors (Lipinski definition) is 3. The van der Waals surface area contributed by atoms with E-state index in [1.54, 1.807) is 12.1 Å². The predicted octanol–water partition coefficient (Wildman–Crippen LogP) is 4.53. The molecule has 3 unspecified atom stereocenters. The number of rotatable bonds is 3. The van der Waals surface area contributed by atoms with Gasteiger partial charge in [-0.05, 0) is 49.0 Å². The molecule has 0 amide bonds. The summed E-state index contributed by atoms with van der Waals surface area (Å²) in [5.41, 5.74) is 2.40. The van der Waals surface area contributed by atoms with Gasteiger partial charge in [0.25, 0.3) is 5.69 Å². The summed E-state index contributed by atoms with van der Waals surface area (Å²) in [5, 5.41) is 14.8. The van der Waals surface area contributed by atoms with Gasteiger partial charge in [-0.3, -0.25) is 10.1 Å². The first-order valence-electron chi connectivity index (χ1n) is 7.76. The Morgan fingerprint density at radius 1 is 1.33 bits per heavy atom. The maximum absolute atomic E-state index is 11.1. The van der Waals surface area contributed by atoms with Gasteiger partial charge in [0.15, 0.2) is 0 Å². The number of anilines is 1. The largest absolute Gasteiger partial charge is 0.381 e. The average molecular weight is 288 g/mol. The molecule has 1 aromatic carbocycles. The van der Waals surface area contributed by atoms with Crippen LogP contribution in [0.25, 0.3) is 0 Å². The van der Waals surface area contributed by atoms with E-state index in [1.165, 1.54) is 19.3 Å². The Morgan fingerprint density at radius 3 is 2.62 bits per heavy atom. The average Bonchev–Trinajstić information content (AvgIpc) is 2.87. The lowest BCUT2D eigenvalue weighted by Crippen LogP contribution is -2.45. The molecule has 0 spiro atoms. The molecule has 2 fully saturated rings. The lowest BCUT2D eigenvalue weighted by molar-refractivity contribution is -0.385. The fraction of sp³-hybridized carbons (Fsp3) is 0.647. The van der Waals surface area contributed by atoms with Gasteiger partial charge in [-0.1, -0.05) is 26.8 Å². The van der Waals surface area contributed by atoms with Crippen LogP contribution in [0.15, 0.2) is 18.2 Å². The van der Waals surface area contributed by atoms with Gasteiger partial charge in [-0.2, -0.15) is 0 Å². The van der Waals surface area contributed by atoms with Gasteiger partial charge < -0.3 is 5.32 Å². The third-order valence-electron chi connectivity index (χ3n) is 6.07. The molecule has 1 aromatic rings. The minimum atomic E-state index is -0.297. The van der Waals surface area contributed by atoms with Crippen LogP contribution >= 0.6 is 0 Å². The van der Waals surface area contributed by atoms with E-state index in [-0.39, 0.29) is 16.0 Å². The Labute approximate surface area is 126 Å². The third-order valence-corrected chi connectivity index (χ3v) is 6.07. The minimum Gasteiger partial charge on any atom is -0.381 e. The van der Waals surface area contributed by atoms with Gasteiger partial charge in [0.05, 0.1) is 4.92 Å². The second-order valence-electron chi connectivity index (χ2n) is 7.70. The zero-order chi connectivity index (χ0) is 15.4. The third kappa shape index (κ3) is 2.03. The van der Waals surface area contributed by atoms with Crippen LogP contribution in [0.4, 0.5) is 11.4 Å². The van der Waals surface area contributed by atoms with Crippen LogP contribution < -0.4 is 5.32 Å². The molecule has 2 saturated carbocycles. The highest BCUT2D eigenvalue weighted by Crippen LogP contribution is 2.63. The summed E-state index contributed by atoms with van der Waals surface area (Å²) in [7, 11) is 0. The highest BCUT2D eigenvalue weighted by Gasteiger charge is 2.59. The number of fused-ring (bicyclic) bond motifs is 2. The summed E-state index contributed by atoms with van der Waals surface area (Å²) in [6.45, 7) is 8.88. The van der Waals surface area contributed by atoms with E-state index in [4.69, 9.17) is 0 Å². The van der Waals surface area contributed by atoms with Crippen molar-refractivity contribution >= 4 is 11.4 Å². The van der Waals surface area contributed by atoms with Crippen molar-refractivity contribution in [2.24, 2.45) is 16.7 Å². The molecule has 3 rings (SSSR count). The number of benzene rings is 1. The lowest BCUT2D eigenvalue weighted by atomic mass is 9.68. The van der Waals surface area contributed by atoms with Crippen LogP contribution in [0, 0.1) is 33.8 Å². The SMILES string of the molecule is Cc1c(NC2C3(C)CCC(C3)C2(C)C)cccc1[N+](=O)[O-]. The van der Waals surface area contributed by atoms with Gasteiger partial charge in [0.2, 0.25) is 0 Å². The molecule has 21 heavy (non-hydrogen) atoms. The Balaban J connectivity index is 1.94. The topological polar surface area (TPSA) is 55.2 Å². The highest BCUT2D eigenvalue weighted by atomic mass is 16.6. The standard InChI is InChI=1S/C17H24N2O2/c1-11-13(6-5-7-14(11)19(20)21)18-15-16(2,3)12-8-9-17(15,4)10-12/h5-7,12,15,18H,8-10H2,1-4H3. The van der Waals surface area contributed by atoms with Crippen molar-refractivity contribution in [3.63, 3.8) is 0 Å².